The highest BCUT2D eigenvalue weighted by Gasteiger charge is 2.41. The second-order valence-electron chi connectivity index (χ2n) is 6.83. The zero-order valence-electron chi connectivity index (χ0n) is 14.8. The van der Waals surface area contributed by atoms with E-state index in [0.717, 1.165) is 19.3 Å². The molecular formula is C20H28N2O2. The van der Waals surface area contributed by atoms with Gasteiger partial charge in [-0.3, -0.25) is 0 Å². The van der Waals surface area contributed by atoms with E-state index in [1.54, 1.807) is 6.20 Å². The van der Waals surface area contributed by atoms with Crippen LogP contribution in [0.5, 0.6) is 0 Å². The van der Waals surface area contributed by atoms with Gasteiger partial charge in [-0.25, -0.2) is 4.98 Å². The second-order valence-corrected chi connectivity index (χ2v) is 6.83. The SMILES string of the molecule is CCCCC1COC(CCc2cccc(C)c2)(Cn2ccnc2)O1. The van der Waals surface area contributed by atoms with Crippen molar-refractivity contribution >= 4 is 0 Å². The van der Waals surface area contributed by atoms with E-state index in [0.29, 0.717) is 13.2 Å². The van der Waals surface area contributed by atoms with Crippen LogP contribution in [0.15, 0.2) is 43.0 Å². The van der Waals surface area contributed by atoms with Crippen LogP contribution in [-0.2, 0) is 22.4 Å². The highest BCUT2D eigenvalue weighted by molar-refractivity contribution is 5.22. The Labute approximate surface area is 144 Å². The standard InChI is InChI=1S/C20H28N2O2/c1-3-4-8-19-14-23-20(24-19,15-22-12-11-21-16-22)10-9-18-7-5-6-17(2)13-18/h5-7,11-13,16,19H,3-4,8-10,14-15H2,1-2H3. The van der Waals surface area contributed by atoms with E-state index in [1.807, 2.05) is 12.5 Å². The molecule has 2 heterocycles. The molecule has 0 aliphatic carbocycles. The predicted molar refractivity (Wildman–Crippen MR) is 94.8 cm³/mol. The van der Waals surface area contributed by atoms with Crippen LogP contribution in [0.25, 0.3) is 0 Å². The van der Waals surface area contributed by atoms with Crippen LogP contribution in [0.3, 0.4) is 0 Å². The third kappa shape index (κ3) is 4.46. The van der Waals surface area contributed by atoms with E-state index in [2.05, 4.69) is 47.7 Å². The Bertz CT molecular complexity index is 626. The van der Waals surface area contributed by atoms with Gasteiger partial charge in [-0.1, -0.05) is 49.6 Å². The molecule has 2 atom stereocenters. The molecule has 0 amide bonds. The Hall–Kier alpha value is -1.65. The van der Waals surface area contributed by atoms with Crippen molar-refractivity contribution in [2.45, 2.75) is 64.4 Å². The van der Waals surface area contributed by atoms with E-state index in [-0.39, 0.29) is 6.10 Å². The Morgan fingerprint density at radius 2 is 2.29 bits per heavy atom. The minimum atomic E-state index is -0.539. The first-order valence-electron chi connectivity index (χ1n) is 9.02. The highest BCUT2D eigenvalue weighted by Crippen LogP contribution is 2.32. The van der Waals surface area contributed by atoms with Crippen molar-refractivity contribution < 1.29 is 9.47 Å². The smallest absolute Gasteiger partial charge is 0.187 e. The van der Waals surface area contributed by atoms with E-state index >= 15 is 0 Å². The van der Waals surface area contributed by atoms with Gasteiger partial charge in [0.25, 0.3) is 0 Å². The van der Waals surface area contributed by atoms with Crippen molar-refractivity contribution in [3.63, 3.8) is 0 Å². The molecule has 0 spiro atoms. The van der Waals surface area contributed by atoms with Gasteiger partial charge < -0.3 is 14.0 Å². The van der Waals surface area contributed by atoms with Gasteiger partial charge in [0.1, 0.15) is 0 Å². The summed E-state index contributed by atoms with van der Waals surface area (Å²) in [6, 6.07) is 8.68. The lowest BCUT2D eigenvalue weighted by atomic mass is 10.0. The molecule has 0 bridgehead atoms. The van der Waals surface area contributed by atoms with Gasteiger partial charge in [0.05, 0.1) is 25.6 Å². The fourth-order valence-corrected chi connectivity index (χ4v) is 3.34. The summed E-state index contributed by atoms with van der Waals surface area (Å²) in [5.74, 6) is -0.539. The molecule has 1 aromatic carbocycles. The Morgan fingerprint density at radius 1 is 1.38 bits per heavy atom. The largest absolute Gasteiger partial charge is 0.345 e. The number of ether oxygens (including phenoxy) is 2. The fourth-order valence-electron chi connectivity index (χ4n) is 3.34. The maximum absolute atomic E-state index is 6.41. The maximum atomic E-state index is 6.41. The Balaban J connectivity index is 1.68. The van der Waals surface area contributed by atoms with Crippen molar-refractivity contribution in [2.24, 2.45) is 0 Å². The van der Waals surface area contributed by atoms with Crippen molar-refractivity contribution in [1.82, 2.24) is 9.55 Å². The summed E-state index contributed by atoms with van der Waals surface area (Å²) in [6.07, 6.45) is 11.1. The van der Waals surface area contributed by atoms with Crippen molar-refractivity contribution in [3.8, 4) is 0 Å². The Morgan fingerprint density at radius 3 is 3.04 bits per heavy atom. The van der Waals surface area contributed by atoms with Crippen LogP contribution in [0.2, 0.25) is 0 Å². The summed E-state index contributed by atoms with van der Waals surface area (Å²) in [5, 5.41) is 0. The number of benzene rings is 1. The van der Waals surface area contributed by atoms with Crippen LogP contribution < -0.4 is 0 Å². The number of rotatable bonds is 8. The molecule has 24 heavy (non-hydrogen) atoms. The molecule has 1 aliphatic rings. The van der Waals surface area contributed by atoms with Gasteiger partial charge in [0.15, 0.2) is 5.79 Å². The van der Waals surface area contributed by atoms with E-state index in [1.165, 1.54) is 24.0 Å². The van der Waals surface area contributed by atoms with Crippen LogP contribution in [0, 0.1) is 6.92 Å². The summed E-state index contributed by atoms with van der Waals surface area (Å²) < 4.78 is 14.7. The minimum Gasteiger partial charge on any atom is -0.345 e. The third-order valence-corrected chi connectivity index (χ3v) is 4.65. The summed E-state index contributed by atoms with van der Waals surface area (Å²) in [7, 11) is 0. The number of hydrogen-bond donors (Lipinski definition) is 0. The molecule has 130 valence electrons. The monoisotopic (exact) mass is 328 g/mol. The summed E-state index contributed by atoms with van der Waals surface area (Å²) in [5.41, 5.74) is 2.63. The van der Waals surface area contributed by atoms with Crippen LogP contribution in [0.4, 0.5) is 0 Å². The average Bonchev–Trinajstić information content (AvgIpc) is 3.22. The van der Waals surface area contributed by atoms with E-state index in [9.17, 15) is 0 Å². The van der Waals surface area contributed by atoms with E-state index in [4.69, 9.17) is 9.47 Å². The zero-order valence-corrected chi connectivity index (χ0v) is 14.8. The van der Waals surface area contributed by atoms with E-state index < -0.39 is 5.79 Å². The molecule has 0 saturated carbocycles. The zero-order chi connectivity index (χ0) is 16.8. The molecule has 4 nitrogen and oxygen atoms in total. The van der Waals surface area contributed by atoms with Crippen molar-refractivity contribution in [2.75, 3.05) is 6.61 Å². The molecule has 3 rings (SSSR count). The maximum Gasteiger partial charge on any atom is 0.187 e. The summed E-state index contributed by atoms with van der Waals surface area (Å²) >= 11 is 0. The quantitative estimate of drug-likeness (QED) is 0.731. The summed E-state index contributed by atoms with van der Waals surface area (Å²) in [6.45, 7) is 5.74. The average molecular weight is 328 g/mol. The van der Waals surface area contributed by atoms with Crippen LogP contribution in [0.1, 0.15) is 43.7 Å². The van der Waals surface area contributed by atoms with Gasteiger partial charge in [-0.05, 0) is 25.3 Å². The number of nitrogens with zero attached hydrogens (tertiary/aromatic N) is 2. The van der Waals surface area contributed by atoms with Gasteiger partial charge in [-0.2, -0.15) is 0 Å². The number of imidazole rings is 1. The highest BCUT2D eigenvalue weighted by atomic mass is 16.7. The van der Waals surface area contributed by atoms with Gasteiger partial charge in [-0.15, -0.1) is 0 Å². The Kier molecular flexibility index (Phi) is 5.69. The molecule has 1 saturated heterocycles. The lowest BCUT2D eigenvalue weighted by molar-refractivity contribution is -0.182. The molecule has 1 aliphatic heterocycles. The molecule has 2 aromatic rings. The first kappa shape index (κ1) is 17.2. The molecule has 0 N–H and O–H groups in total. The molecule has 4 heteroatoms. The van der Waals surface area contributed by atoms with Crippen molar-refractivity contribution in [3.05, 3.63) is 54.1 Å². The molecule has 0 radical (unpaired) electrons. The normalized spacial score (nSPS) is 23.7. The van der Waals surface area contributed by atoms with Gasteiger partial charge in [0.2, 0.25) is 0 Å². The molecular weight excluding hydrogens is 300 g/mol. The predicted octanol–water partition coefficient (Wildman–Crippen LogP) is 4.13. The van der Waals surface area contributed by atoms with Crippen molar-refractivity contribution in [1.29, 1.82) is 0 Å². The molecule has 1 fully saturated rings. The summed E-state index contributed by atoms with van der Waals surface area (Å²) in [4.78, 5) is 4.15. The fraction of sp³-hybridized carbons (Fsp3) is 0.550. The minimum absolute atomic E-state index is 0.214. The number of hydrogen-bond acceptors (Lipinski definition) is 3. The topological polar surface area (TPSA) is 36.3 Å². The third-order valence-electron chi connectivity index (χ3n) is 4.65. The van der Waals surface area contributed by atoms with Crippen LogP contribution >= 0.6 is 0 Å². The second kappa shape index (κ2) is 7.95. The lowest BCUT2D eigenvalue weighted by Gasteiger charge is -2.29. The van der Waals surface area contributed by atoms with Crippen LogP contribution in [-0.4, -0.2) is 28.0 Å². The molecule has 1 aromatic heterocycles. The van der Waals surface area contributed by atoms with Gasteiger partial charge in [0, 0.05) is 18.8 Å². The lowest BCUT2D eigenvalue weighted by Crippen LogP contribution is -2.36. The number of aryl methyl sites for hydroxylation is 2. The number of aromatic nitrogens is 2. The van der Waals surface area contributed by atoms with Gasteiger partial charge >= 0.3 is 0 Å². The number of unbranched alkanes of at least 4 members (excludes halogenated alkanes) is 1. The first-order valence-corrected chi connectivity index (χ1v) is 9.02. The molecule has 2 unspecified atom stereocenters. The first-order chi connectivity index (χ1) is 11.7.